The second kappa shape index (κ2) is 8.01. The highest BCUT2D eigenvalue weighted by atomic mass is 79.9. The number of benzene rings is 2. The van der Waals surface area contributed by atoms with Crippen LogP contribution in [0.2, 0.25) is 0 Å². The summed E-state index contributed by atoms with van der Waals surface area (Å²) in [5.41, 5.74) is 2.08. The van der Waals surface area contributed by atoms with Gasteiger partial charge in [-0.2, -0.15) is 0 Å². The summed E-state index contributed by atoms with van der Waals surface area (Å²) in [5, 5.41) is 2.82. The fourth-order valence-electron chi connectivity index (χ4n) is 2.58. The van der Waals surface area contributed by atoms with Crippen LogP contribution in [0.15, 0.2) is 53.0 Å². The van der Waals surface area contributed by atoms with Crippen LogP contribution in [-0.4, -0.2) is 26.6 Å². The number of hydrogen-bond acceptors (Lipinski definition) is 3. The maximum atomic E-state index is 12.8. The molecule has 0 bridgehead atoms. The van der Waals surface area contributed by atoms with Crippen LogP contribution in [0, 0.1) is 6.92 Å². The second-order valence-corrected chi connectivity index (χ2v) is 8.49. The van der Waals surface area contributed by atoms with Gasteiger partial charge in [0.2, 0.25) is 15.9 Å². The van der Waals surface area contributed by atoms with Crippen molar-refractivity contribution in [2.24, 2.45) is 0 Å². The Morgan fingerprint density at radius 2 is 1.84 bits per heavy atom. The van der Waals surface area contributed by atoms with Gasteiger partial charge in [0.1, 0.15) is 6.04 Å². The number of rotatable bonds is 6. The van der Waals surface area contributed by atoms with Gasteiger partial charge in [-0.05, 0) is 49.2 Å². The predicted molar refractivity (Wildman–Crippen MR) is 105 cm³/mol. The van der Waals surface area contributed by atoms with E-state index in [-0.39, 0.29) is 5.91 Å². The van der Waals surface area contributed by atoms with Crippen molar-refractivity contribution in [3.05, 3.63) is 58.6 Å². The molecular formula is C18H21BrN2O3S. The van der Waals surface area contributed by atoms with Crippen LogP contribution in [0.1, 0.15) is 18.9 Å². The monoisotopic (exact) mass is 424 g/mol. The lowest BCUT2D eigenvalue weighted by molar-refractivity contribution is -0.117. The molecule has 0 fully saturated rings. The van der Waals surface area contributed by atoms with E-state index < -0.39 is 16.1 Å². The molecule has 7 heteroatoms. The quantitative estimate of drug-likeness (QED) is 0.763. The number of para-hydroxylation sites is 1. The third kappa shape index (κ3) is 4.83. The number of sulfonamides is 1. The Hall–Kier alpha value is -1.86. The minimum atomic E-state index is -3.62. The van der Waals surface area contributed by atoms with E-state index in [1.54, 1.807) is 43.3 Å². The number of hydrogen-bond donors (Lipinski definition) is 1. The van der Waals surface area contributed by atoms with Gasteiger partial charge in [0.25, 0.3) is 0 Å². The van der Waals surface area contributed by atoms with Crippen LogP contribution in [0.3, 0.4) is 0 Å². The Morgan fingerprint density at radius 1 is 1.20 bits per heavy atom. The van der Waals surface area contributed by atoms with E-state index in [1.807, 2.05) is 19.1 Å². The molecule has 0 spiro atoms. The van der Waals surface area contributed by atoms with Gasteiger partial charge in [-0.3, -0.25) is 9.10 Å². The van der Waals surface area contributed by atoms with E-state index >= 15 is 0 Å². The highest BCUT2D eigenvalue weighted by molar-refractivity contribution is 9.10. The molecule has 0 saturated carbocycles. The first-order valence-corrected chi connectivity index (χ1v) is 10.5. The van der Waals surface area contributed by atoms with Crippen molar-refractivity contribution < 1.29 is 13.2 Å². The molecule has 0 saturated heterocycles. The zero-order valence-electron chi connectivity index (χ0n) is 14.4. The summed E-state index contributed by atoms with van der Waals surface area (Å²) in [5.74, 6) is -0.362. The summed E-state index contributed by atoms with van der Waals surface area (Å²) in [6, 6.07) is 13.3. The molecule has 2 rings (SSSR count). The Kier molecular flexibility index (Phi) is 6.24. The summed E-state index contributed by atoms with van der Waals surface area (Å²) in [7, 11) is -3.62. The topological polar surface area (TPSA) is 66.5 Å². The van der Waals surface area contributed by atoms with E-state index in [9.17, 15) is 13.2 Å². The van der Waals surface area contributed by atoms with Gasteiger partial charge in [0.15, 0.2) is 0 Å². The lowest BCUT2D eigenvalue weighted by Crippen LogP contribution is -2.46. The molecule has 2 aromatic carbocycles. The number of aryl methyl sites for hydroxylation is 1. The Morgan fingerprint density at radius 3 is 2.36 bits per heavy atom. The van der Waals surface area contributed by atoms with Crippen LogP contribution in [0.5, 0.6) is 0 Å². The van der Waals surface area contributed by atoms with Gasteiger partial charge < -0.3 is 5.32 Å². The molecule has 25 heavy (non-hydrogen) atoms. The average molecular weight is 425 g/mol. The van der Waals surface area contributed by atoms with Crippen LogP contribution >= 0.6 is 15.9 Å². The average Bonchev–Trinajstić information content (AvgIpc) is 2.55. The Bertz CT molecular complexity index is 854. The normalized spacial score (nSPS) is 12.5. The van der Waals surface area contributed by atoms with Gasteiger partial charge in [-0.1, -0.05) is 41.1 Å². The molecule has 1 atom stereocenters. The third-order valence-electron chi connectivity index (χ3n) is 3.77. The van der Waals surface area contributed by atoms with Gasteiger partial charge >= 0.3 is 0 Å². The zero-order chi connectivity index (χ0) is 18.6. The molecule has 1 N–H and O–H groups in total. The van der Waals surface area contributed by atoms with E-state index in [1.165, 1.54) is 4.31 Å². The standard InChI is InChI=1S/C18H21BrN2O3S/c1-4-17(18(22)20-14-10-11-16(19)13(2)12-14)21(25(3,23)24)15-8-6-5-7-9-15/h5-12,17H,4H2,1-3H3,(H,20,22)/t17-/m0/s1. The van der Waals surface area contributed by atoms with Crippen molar-refractivity contribution in [1.29, 1.82) is 0 Å². The van der Waals surface area contributed by atoms with Gasteiger partial charge in [-0.15, -0.1) is 0 Å². The molecule has 0 heterocycles. The zero-order valence-corrected chi connectivity index (χ0v) is 16.8. The Balaban J connectivity index is 2.34. The van der Waals surface area contributed by atoms with E-state index in [2.05, 4.69) is 21.2 Å². The molecule has 0 unspecified atom stereocenters. The molecule has 0 aliphatic rings. The first-order valence-electron chi connectivity index (χ1n) is 7.85. The third-order valence-corrected chi connectivity index (χ3v) is 5.84. The second-order valence-electron chi connectivity index (χ2n) is 5.77. The maximum Gasteiger partial charge on any atom is 0.248 e. The molecule has 5 nitrogen and oxygen atoms in total. The lowest BCUT2D eigenvalue weighted by Gasteiger charge is -2.30. The van der Waals surface area contributed by atoms with Crippen molar-refractivity contribution in [1.82, 2.24) is 0 Å². The lowest BCUT2D eigenvalue weighted by atomic mass is 10.1. The van der Waals surface area contributed by atoms with Crippen molar-refractivity contribution in [3.63, 3.8) is 0 Å². The van der Waals surface area contributed by atoms with Crippen molar-refractivity contribution in [3.8, 4) is 0 Å². The molecule has 1 amide bonds. The highest BCUT2D eigenvalue weighted by Gasteiger charge is 2.31. The molecule has 0 aliphatic heterocycles. The van der Waals surface area contributed by atoms with Crippen LogP contribution in [0.25, 0.3) is 0 Å². The Labute approximate surface area is 157 Å². The van der Waals surface area contributed by atoms with Gasteiger partial charge in [0.05, 0.1) is 11.9 Å². The largest absolute Gasteiger partial charge is 0.324 e. The van der Waals surface area contributed by atoms with Crippen LogP contribution < -0.4 is 9.62 Å². The maximum absolute atomic E-state index is 12.8. The van der Waals surface area contributed by atoms with Crippen molar-refractivity contribution >= 4 is 43.2 Å². The number of carbonyl (C=O) groups is 1. The number of amides is 1. The minimum absolute atomic E-state index is 0.351. The smallest absolute Gasteiger partial charge is 0.248 e. The van der Waals surface area contributed by atoms with Crippen molar-refractivity contribution in [2.75, 3.05) is 15.9 Å². The minimum Gasteiger partial charge on any atom is -0.324 e. The van der Waals surface area contributed by atoms with Gasteiger partial charge in [-0.25, -0.2) is 8.42 Å². The molecule has 0 radical (unpaired) electrons. The van der Waals surface area contributed by atoms with E-state index in [0.717, 1.165) is 16.3 Å². The summed E-state index contributed by atoms with van der Waals surface area (Å²) < 4.78 is 26.8. The first-order chi connectivity index (χ1) is 11.7. The number of anilines is 2. The molecule has 0 aliphatic carbocycles. The van der Waals surface area contributed by atoms with E-state index in [0.29, 0.717) is 17.8 Å². The fraction of sp³-hybridized carbons (Fsp3) is 0.278. The number of carbonyl (C=O) groups excluding carboxylic acids is 1. The fourth-order valence-corrected chi connectivity index (χ4v) is 4.04. The summed E-state index contributed by atoms with van der Waals surface area (Å²) in [6.45, 7) is 3.71. The number of nitrogens with zero attached hydrogens (tertiary/aromatic N) is 1. The van der Waals surface area contributed by atoms with E-state index in [4.69, 9.17) is 0 Å². The molecule has 134 valence electrons. The van der Waals surface area contributed by atoms with Crippen LogP contribution in [0.4, 0.5) is 11.4 Å². The van der Waals surface area contributed by atoms with Crippen LogP contribution in [-0.2, 0) is 14.8 Å². The molecular weight excluding hydrogens is 404 g/mol. The summed E-state index contributed by atoms with van der Waals surface area (Å²) >= 11 is 3.42. The highest BCUT2D eigenvalue weighted by Crippen LogP contribution is 2.24. The molecule has 0 aromatic heterocycles. The SMILES string of the molecule is CC[C@@H](C(=O)Nc1ccc(Br)c(C)c1)N(c1ccccc1)S(C)(=O)=O. The summed E-state index contributed by atoms with van der Waals surface area (Å²) in [6.07, 6.45) is 1.46. The number of halogens is 1. The summed E-state index contributed by atoms with van der Waals surface area (Å²) in [4.78, 5) is 12.8. The molecule has 2 aromatic rings. The van der Waals surface area contributed by atoms with Crippen molar-refractivity contribution in [2.45, 2.75) is 26.3 Å². The van der Waals surface area contributed by atoms with Gasteiger partial charge in [0, 0.05) is 10.2 Å². The predicted octanol–water partition coefficient (Wildman–Crippen LogP) is 3.94. The first kappa shape index (κ1) is 19.5. The number of nitrogens with one attached hydrogen (secondary N) is 1.